The molecular formula is C22H17Cl3N8O5. The van der Waals surface area contributed by atoms with Crippen LogP contribution >= 0.6 is 34.8 Å². The Bertz CT molecular complexity index is 1390. The minimum absolute atomic E-state index is 0.0437. The Hall–Kier alpha value is -4.25. The number of anilines is 1. The summed E-state index contributed by atoms with van der Waals surface area (Å²) in [4.78, 5) is 23.3. The second-order valence-electron chi connectivity index (χ2n) is 6.97. The molecule has 2 N–H and O–H groups in total. The van der Waals surface area contributed by atoms with E-state index in [1.54, 1.807) is 31.2 Å². The number of alkyl carbamates (subject to hydrolysis) is 1. The smallest absolute Gasteiger partial charge is 0.414 e. The number of rotatable bonds is 9. The SMILES string of the molecule is CCOC(=O)NC(=O)C(C#N)=NNc1cc(Cl)c(Oc2cc(Cc3ccc(OC)nn3)c(Cl)nn2)c(Cl)c1. The van der Waals surface area contributed by atoms with Crippen LogP contribution in [0.25, 0.3) is 0 Å². The molecule has 38 heavy (non-hydrogen) atoms. The molecule has 16 heteroatoms. The summed E-state index contributed by atoms with van der Waals surface area (Å²) in [5.74, 6) is -0.590. The molecule has 0 bridgehead atoms. The second-order valence-corrected chi connectivity index (χ2v) is 8.14. The van der Waals surface area contributed by atoms with Crippen molar-refractivity contribution in [2.45, 2.75) is 13.3 Å². The monoisotopic (exact) mass is 578 g/mol. The number of aromatic nitrogens is 4. The Morgan fingerprint density at radius 2 is 1.76 bits per heavy atom. The van der Waals surface area contributed by atoms with Gasteiger partial charge in [-0.2, -0.15) is 15.5 Å². The summed E-state index contributed by atoms with van der Waals surface area (Å²) < 4.78 is 15.3. The molecule has 0 unspecified atom stereocenters. The first-order chi connectivity index (χ1) is 18.2. The van der Waals surface area contributed by atoms with Gasteiger partial charge >= 0.3 is 6.09 Å². The molecule has 1 aromatic carbocycles. The van der Waals surface area contributed by atoms with E-state index >= 15 is 0 Å². The number of nitrogens with zero attached hydrogens (tertiary/aromatic N) is 6. The first kappa shape index (κ1) is 28.3. The standard InChI is InChI=1S/C22H17Cl3N8O5/c1-3-37-22(35)27-21(34)16(10-26)30-29-13-8-14(23)19(15(24)9-13)38-18-7-11(20(25)33-32-18)6-12-4-5-17(36-2)31-28-12/h4-5,7-9,29H,3,6H2,1-2H3,(H,27,34,35). The molecule has 0 saturated heterocycles. The number of benzene rings is 1. The van der Waals surface area contributed by atoms with Gasteiger partial charge in [-0.25, -0.2) is 4.79 Å². The van der Waals surface area contributed by atoms with Crippen molar-refractivity contribution in [3.63, 3.8) is 0 Å². The molecule has 0 saturated carbocycles. The van der Waals surface area contributed by atoms with Gasteiger partial charge in [0, 0.05) is 24.1 Å². The van der Waals surface area contributed by atoms with Crippen molar-refractivity contribution in [3.8, 4) is 23.6 Å². The average Bonchev–Trinajstić information content (AvgIpc) is 2.89. The molecule has 0 aliphatic carbocycles. The fourth-order valence-electron chi connectivity index (χ4n) is 2.71. The number of hydrogen-bond acceptors (Lipinski definition) is 12. The number of hydrogen-bond donors (Lipinski definition) is 2. The number of amides is 2. The number of carbonyl (C=O) groups is 2. The molecule has 0 fully saturated rings. The molecular weight excluding hydrogens is 563 g/mol. The molecule has 0 spiro atoms. The maximum atomic E-state index is 12.0. The van der Waals surface area contributed by atoms with Crippen LogP contribution in [0.2, 0.25) is 15.2 Å². The minimum Gasteiger partial charge on any atom is -0.480 e. The molecule has 3 rings (SSSR count). The quantitative estimate of drug-likeness (QED) is 0.275. The van der Waals surface area contributed by atoms with Crippen molar-refractivity contribution >= 4 is 58.2 Å². The zero-order valence-electron chi connectivity index (χ0n) is 19.7. The van der Waals surface area contributed by atoms with Crippen LogP contribution in [0.15, 0.2) is 35.4 Å². The summed E-state index contributed by atoms with van der Waals surface area (Å²) in [5, 5.41) is 30.7. The maximum absolute atomic E-state index is 12.0. The van der Waals surface area contributed by atoms with Crippen LogP contribution in [-0.4, -0.2) is 51.8 Å². The molecule has 196 valence electrons. The Labute approximate surface area is 230 Å². The summed E-state index contributed by atoms with van der Waals surface area (Å²) in [5.41, 5.74) is 3.20. The second kappa shape index (κ2) is 13.3. The maximum Gasteiger partial charge on any atom is 0.414 e. The van der Waals surface area contributed by atoms with Crippen molar-refractivity contribution in [1.82, 2.24) is 25.7 Å². The molecule has 3 aromatic rings. The number of hydrazone groups is 1. The zero-order chi connectivity index (χ0) is 27.7. The van der Waals surface area contributed by atoms with Gasteiger partial charge in [0.2, 0.25) is 17.5 Å². The Balaban J connectivity index is 1.74. The van der Waals surface area contributed by atoms with Gasteiger partial charge in [-0.1, -0.05) is 34.8 Å². The van der Waals surface area contributed by atoms with Crippen molar-refractivity contribution < 1.29 is 23.8 Å². The number of nitrogens with one attached hydrogen (secondary N) is 2. The first-order valence-electron chi connectivity index (χ1n) is 10.5. The predicted octanol–water partition coefficient (Wildman–Crippen LogP) is 4.18. The minimum atomic E-state index is -1.06. The van der Waals surface area contributed by atoms with Crippen LogP contribution in [0.4, 0.5) is 10.5 Å². The highest BCUT2D eigenvalue weighted by Gasteiger charge is 2.17. The number of nitriles is 1. The van der Waals surface area contributed by atoms with Gasteiger partial charge in [0.15, 0.2) is 10.9 Å². The third kappa shape index (κ3) is 7.62. The van der Waals surface area contributed by atoms with E-state index in [4.69, 9.17) is 49.5 Å². The summed E-state index contributed by atoms with van der Waals surface area (Å²) >= 11 is 18.8. The van der Waals surface area contributed by atoms with E-state index in [-0.39, 0.29) is 45.5 Å². The number of imide groups is 1. The molecule has 2 heterocycles. The number of methoxy groups -OCH3 is 1. The first-order valence-corrected chi connectivity index (χ1v) is 11.6. The lowest BCUT2D eigenvalue weighted by Gasteiger charge is -2.12. The largest absolute Gasteiger partial charge is 0.480 e. The van der Waals surface area contributed by atoms with Gasteiger partial charge in [0.1, 0.15) is 6.07 Å². The van der Waals surface area contributed by atoms with E-state index in [1.165, 1.54) is 19.2 Å². The summed E-state index contributed by atoms with van der Waals surface area (Å²) in [6, 6.07) is 9.25. The Morgan fingerprint density at radius 3 is 2.37 bits per heavy atom. The summed E-state index contributed by atoms with van der Waals surface area (Å²) in [6.07, 6.45) is -0.729. The van der Waals surface area contributed by atoms with Gasteiger partial charge in [0.05, 0.1) is 35.1 Å². The molecule has 2 aromatic heterocycles. The van der Waals surface area contributed by atoms with E-state index in [2.05, 4.69) is 35.7 Å². The van der Waals surface area contributed by atoms with Crippen molar-refractivity contribution in [2.24, 2.45) is 5.10 Å². The molecule has 2 amide bonds. The highest BCUT2D eigenvalue weighted by Crippen LogP contribution is 2.38. The summed E-state index contributed by atoms with van der Waals surface area (Å²) in [7, 11) is 1.49. The molecule has 0 radical (unpaired) electrons. The fourth-order valence-corrected chi connectivity index (χ4v) is 3.43. The average molecular weight is 580 g/mol. The van der Waals surface area contributed by atoms with Gasteiger partial charge in [0.25, 0.3) is 5.91 Å². The van der Waals surface area contributed by atoms with E-state index in [1.807, 2.05) is 5.32 Å². The highest BCUT2D eigenvalue weighted by molar-refractivity contribution is 6.47. The van der Waals surface area contributed by atoms with Crippen LogP contribution in [-0.2, 0) is 16.0 Å². The Kier molecular flexibility index (Phi) is 9.94. The third-order valence-corrected chi connectivity index (χ3v) is 5.27. The van der Waals surface area contributed by atoms with Crippen molar-refractivity contribution in [3.05, 3.63) is 56.8 Å². The molecule has 0 atom stereocenters. The normalized spacial score (nSPS) is 10.8. The number of ether oxygens (including phenoxy) is 3. The summed E-state index contributed by atoms with van der Waals surface area (Å²) in [6.45, 7) is 1.60. The van der Waals surface area contributed by atoms with Crippen LogP contribution in [0.1, 0.15) is 18.2 Å². The highest BCUT2D eigenvalue weighted by atomic mass is 35.5. The third-order valence-electron chi connectivity index (χ3n) is 4.39. The van der Waals surface area contributed by atoms with Gasteiger partial charge in [-0.3, -0.25) is 15.5 Å². The molecule has 0 aliphatic rings. The topological polar surface area (TPSA) is 174 Å². The lowest BCUT2D eigenvalue weighted by Crippen LogP contribution is -2.36. The zero-order valence-corrected chi connectivity index (χ0v) is 21.9. The van der Waals surface area contributed by atoms with E-state index in [0.717, 1.165) is 0 Å². The van der Waals surface area contributed by atoms with E-state index in [0.29, 0.717) is 17.1 Å². The van der Waals surface area contributed by atoms with E-state index < -0.39 is 17.7 Å². The van der Waals surface area contributed by atoms with E-state index in [9.17, 15) is 9.59 Å². The van der Waals surface area contributed by atoms with Crippen LogP contribution < -0.4 is 20.2 Å². The number of halogens is 3. The fraction of sp³-hybridized carbons (Fsp3) is 0.182. The predicted molar refractivity (Wildman–Crippen MR) is 137 cm³/mol. The number of carbonyl (C=O) groups excluding carboxylic acids is 2. The molecule has 13 nitrogen and oxygen atoms in total. The lowest BCUT2D eigenvalue weighted by atomic mass is 10.1. The van der Waals surface area contributed by atoms with Crippen molar-refractivity contribution in [1.29, 1.82) is 5.26 Å². The van der Waals surface area contributed by atoms with Crippen molar-refractivity contribution in [2.75, 3.05) is 19.1 Å². The van der Waals surface area contributed by atoms with Crippen LogP contribution in [0.3, 0.4) is 0 Å². The van der Waals surface area contributed by atoms with Gasteiger partial charge < -0.3 is 14.2 Å². The molecule has 0 aliphatic heterocycles. The van der Waals surface area contributed by atoms with Gasteiger partial charge in [-0.05, 0) is 25.1 Å². The van der Waals surface area contributed by atoms with Crippen LogP contribution in [0, 0.1) is 11.3 Å². The Morgan fingerprint density at radius 1 is 1.05 bits per heavy atom. The van der Waals surface area contributed by atoms with Crippen LogP contribution in [0.5, 0.6) is 17.5 Å². The van der Waals surface area contributed by atoms with Gasteiger partial charge in [-0.15, -0.1) is 15.3 Å². The lowest BCUT2D eigenvalue weighted by molar-refractivity contribution is -0.114.